The monoisotopic (exact) mass is 1060 g/mol. The summed E-state index contributed by atoms with van der Waals surface area (Å²) in [4.78, 5) is 13.9. The second-order valence-electron chi connectivity index (χ2n) is 21.1. The average Bonchev–Trinajstić information content (AvgIpc) is 4.07. The minimum Gasteiger partial charge on any atom is -0.310 e. The lowest BCUT2D eigenvalue weighted by atomic mass is 9.97. The molecule has 0 amide bonds. The average molecular weight is 1060 g/mol. The first-order chi connectivity index (χ1) is 41.2. The van der Waals surface area contributed by atoms with Crippen molar-refractivity contribution in [3.8, 4) is 39.3 Å². The molecule has 0 aliphatic heterocycles. The summed E-state index contributed by atoms with van der Waals surface area (Å²) in [6.45, 7) is 0. The van der Waals surface area contributed by atoms with Gasteiger partial charge in [0, 0.05) is 108 Å². The first-order valence-corrected chi connectivity index (χ1v) is 28.1. The predicted octanol–water partition coefficient (Wildman–Crippen LogP) is 20.0. The van der Waals surface area contributed by atoms with Crippen LogP contribution in [0.15, 0.2) is 310 Å². The molecule has 7 heteroatoms. The molecular weight excluding hydrogens is 1010 g/mol. The van der Waals surface area contributed by atoms with Gasteiger partial charge < -0.3 is 23.5 Å². The maximum atomic E-state index is 4.65. The summed E-state index contributed by atoms with van der Waals surface area (Å²) in [6.07, 6.45) is 7.78. The number of para-hydroxylation sites is 6. The molecule has 0 saturated heterocycles. The number of nitrogens with zero attached hydrogens (tertiary/aromatic N) is 7. The Morgan fingerprint density at radius 3 is 0.952 bits per heavy atom. The highest BCUT2D eigenvalue weighted by molar-refractivity contribution is 6.12. The zero-order valence-corrected chi connectivity index (χ0v) is 45.1. The minimum absolute atomic E-state index is 1.08. The minimum atomic E-state index is 1.08. The predicted molar refractivity (Wildman–Crippen MR) is 345 cm³/mol. The van der Waals surface area contributed by atoms with E-state index in [0.29, 0.717) is 0 Å². The summed E-state index contributed by atoms with van der Waals surface area (Å²) in [5.74, 6) is 0. The Hall–Kier alpha value is -11.3. The number of anilines is 6. The van der Waals surface area contributed by atoms with E-state index in [1.54, 1.807) is 0 Å². The van der Waals surface area contributed by atoms with Crippen LogP contribution in [0.3, 0.4) is 0 Å². The lowest BCUT2D eigenvalue weighted by molar-refractivity contribution is 1.17. The second kappa shape index (κ2) is 19.8. The quantitative estimate of drug-likeness (QED) is 0.129. The van der Waals surface area contributed by atoms with Crippen molar-refractivity contribution in [2.24, 2.45) is 0 Å². The highest BCUT2D eigenvalue weighted by Gasteiger charge is 2.21. The van der Waals surface area contributed by atoms with Gasteiger partial charge in [0.05, 0.1) is 33.1 Å². The Bertz CT molecular complexity index is 4670. The molecule has 5 heterocycles. The number of aromatic nitrogens is 5. The lowest BCUT2D eigenvalue weighted by Gasteiger charge is -2.25. The molecule has 0 aliphatic carbocycles. The van der Waals surface area contributed by atoms with E-state index in [9.17, 15) is 0 Å². The van der Waals surface area contributed by atoms with Crippen molar-refractivity contribution >= 4 is 99.5 Å². The molecule has 0 N–H and O–H groups in total. The molecule has 0 aliphatic rings. The molecule has 0 fully saturated rings. The van der Waals surface area contributed by atoms with Gasteiger partial charge in [0.1, 0.15) is 0 Å². The van der Waals surface area contributed by atoms with Crippen molar-refractivity contribution in [3.63, 3.8) is 0 Å². The van der Waals surface area contributed by atoms with Crippen molar-refractivity contribution in [2.75, 3.05) is 9.80 Å². The fourth-order valence-electron chi connectivity index (χ4n) is 12.6. The molecule has 0 atom stereocenters. The van der Waals surface area contributed by atoms with E-state index < -0.39 is 0 Å². The molecule has 0 saturated carbocycles. The van der Waals surface area contributed by atoms with E-state index in [1.165, 1.54) is 21.8 Å². The van der Waals surface area contributed by atoms with Gasteiger partial charge in [-0.25, -0.2) is 0 Å². The number of fused-ring (bicyclic) bond motifs is 9. The van der Waals surface area contributed by atoms with Crippen molar-refractivity contribution in [3.05, 3.63) is 310 Å². The van der Waals surface area contributed by atoms with Crippen LogP contribution in [-0.2, 0) is 0 Å². The summed E-state index contributed by atoms with van der Waals surface area (Å²) >= 11 is 0. The summed E-state index contributed by atoms with van der Waals surface area (Å²) < 4.78 is 7.16. The smallest absolute Gasteiger partial charge is 0.0571 e. The zero-order chi connectivity index (χ0) is 54.8. The van der Waals surface area contributed by atoms with Crippen LogP contribution in [0.4, 0.5) is 34.1 Å². The first-order valence-electron chi connectivity index (χ1n) is 28.1. The molecule has 7 nitrogen and oxygen atoms in total. The third-order valence-electron chi connectivity index (χ3n) is 16.3. The first kappa shape index (κ1) is 47.7. The van der Waals surface area contributed by atoms with Gasteiger partial charge in [-0.3, -0.25) is 9.97 Å². The van der Waals surface area contributed by atoms with Crippen molar-refractivity contribution in [1.82, 2.24) is 23.7 Å². The van der Waals surface area contributed by atoms with Crippen LogP contribution in [0, 0.1) is 0 Å². The number of benzene rings is 11. The van der Waals surface area contributed by atoms with Gasteiger partial charge in [0.25, 0.3) is 0 Å². The molecule has 0 bridgehead atoms. The molecule has 0 unspecified atom stereocenters. The Labute approximate surface area is 479 Å². The summed E-state index contributed by atoms with van der Waals surface area (Å²) in [7, 11) is 0. The maximum Gasteiger partial charge on any atom is 0.0571 e. The van der Waals surface area contributed by atoms with E-state index in [2.05, 4.69) is 319 Å². The Kier molecular flexibility index (Phi) is 11.4. The van der Waals surface area contributed by atoms with Crippen LogP contribution in [-0.4, -0.2) is 23.7 Å². The molecule has 390 valence electrons. The second-order valence-corrected chi connectivity index (χ2v) is 21.1. The summed E-state index contributed by atoms with van der Waals surface area (Å²) in [5.41, 5.74) is 21.1. The lowest BCUT2D eigenvalue weighted by Crippen LogP contribution is -2.09. The van der Waals surface area contributed by atoms with Crippen molar-refractivity contribution in [2.45, 2.75) is 0 Å². The van der Waals surface area contributed by atoms with E-state index in [1.807, 2.05) is 24.8 Å². The normalized spacial score (nSPS) is 11.6. The number of hydrogen-bond acceptors (Lipinski definition) is 4. The molecule has 5 aromatic heterocycles. The molecule has 11 aromatic carbocycles. The largest absolute Gasteiger partial charge is 0.310 e. The topological polar surface area (TPSA) is 47.1 Å². The SMILES string of the molecule is c1ccc(N(c2ccccc2)c2ccc3c(c2)c2cnccc2n3-c2ccc(-c3cc(-c4ccc(-n5c6ccncc6c6cc(N(c7ccccc7)c7ccccc7)ccc65)cc4)cc(-n4c5ccccc5c5ccccc54)c3)cc2)cc1. The summed E-state index contributed by atoms with van der Waals surface area (Å²) in [5, 5.41) is 6.93. The van der Waals surface area contributed by atoms with Gasteiger partial charge in [-0.1, -0.05) is 133 Å². The Morgan fingerprint density at radius 2 is 0.554 bits per heavy atom. The number of hydrogen-bond donors (Lipinski definition) is 0. The van der Waals surface area contributed by atoms with Crippen molar-refractivity contribution < 1.29 is 0 Å². The van der Waals surface area contributed by atoms with Gasteiger partial charge in [-0.05, 0) is 174 Å². The van der Waals surface area contributed by atoms with E-state index >= 15 is 0 Å². The molecule has 0 spiro atoms. The molecule has 16 rings (SSSR count). The third-order valence-corrected chi connectivity index (χ3v) is 16.3. The van der Waals surface area contributed by atoms with Crippen LogP contribution < -0.4 is 9.80 Å². The fourth-order valence-corrected chi connectivity index (χ4v) is 12.6. The van der Waals surface area contributed by atoms with Crippen LogP contribution in [0.5, 0.6) is 0 Å². The highest BCUT2D eigenvalue weighted by atomic mass is 15.1. The van der Waals surface area contributed by atoms with Crippen LogP contribution >= 0.6 is 0 Å². The van der Waals surface area contributed by atoms with E-state index in [0.717, 1.165) is 117 Å². The molecule has 0 radical (unpaired) electrons. The highest BCUT2D eigenvalue weighted by Crippen LogP contribution is 2.43. The molecular formula is C76H51N7. The third kappa shape index (κ3) is 8.13. The standard InChI is InChI=1S/C76H51N7/c1-5-17-56(18-6-1)79(57-19-7-2-8-20-57)62-37-39-73-67(48-62)69-50-77-43-41-75(69)81(73)60-33-29-52(30-34-60)54-45-55(47-64(46-54)83-71-27-15-13-25-65(71)66-26-14-16-28-72(66)83)53-31-35-61(36-32-53)82-74-40-38-63(49-68(74)70-51-78-44-42-76(70)82)80(58-21-9-3-10-22-58)59-23-11-4-12-24-59/h1-51H. The molecule has 16 aromatic rings. The van der Waals surface area contributed by atoms with Crippen LogP contribution in [0.1, 0.15) is 0 Å². The zero-order valence-electron chi connectivity index (χ0n) is 45.1. The van der Waals surface area contributed by atoms with Crippen LogP contribution in [0.2, 0.25) is 0 Å². The van der Waals surface area contributed by atoms with E-state index in [4.69, 9.17) is 0 Å². The van der Waals surface area contributed by atoms with Crippen molar-refractivity contribution in [1.29, 1.82) is 0 Å². The Morgan fingerprint density at radius 1 is 0.217 bits per heavy atom. The van der Waals surface area contributed by atoms with Gasteiger partial charge in [0.2, 0.25) is 0 Å². The van der Waals surface area contributed by atoms with Gasteiger partial charge in [0.15, 0.2) is 0 Å². The van der Waals surface area contributed by atoms with Gasteiger partial charge in [-0.2, -0.15) is 0 Å². The summed E-state index contributed by atoms with van der Waals surface area (Å²) in [6, 6.07) is 103. The maximum absolute atomic E-state index is 4.65. The fraction of sp³-hybridized carbons (Fsp3) is 0. The Balaban J connectivity index is 0.805. The number of rotatable bonds is 11. The van der Waals surface area contributed by atoms with Gasteiger partial charge >= 0.3 is 0 Å². The van der Waals surface area contributed by atoms with E-state index in [-0.39, 0.29) is 0 Å². The van der Waals surface area contributed by atoms with Gasteiger partial charge in [-0.15, -0.1) is 0 Å². The van der Waals surface area contributed by atoms with Crippen LogP contribution in [0.25, 0.3) is 105 Å². The number of pyridine rings is 2. The molecule has 83 heavy (non-hydrogen) atoms.